The van der Waals surface area contributed by atoms with E-state index in [4.69, 9.17) is 15.2 Å². The third-order valence-corrected chi connectivity index (χ3v) is 3.66. The molecule has 0 unspecified atom stereocenters. The standard InChI is InChI=1S/C13H23NO2S/c1-3-4-5-15-6-7-16-10-12-8-13(9-14)17-11(12)2/h8H,3-7,9-10,14H2,1-2H3. The van der Waals surface area contributed by atoms with Crippen molar-refractivity contribution in [3.05, 3.63) is 21.4 Å². The van der Waals surface area contributed by atoms with Crippen LogP contribution in [0.25, 0.3) is 0 Å². The van der Waals surface area contributed by atoms with Gasteiger partial charge in [-0.1, -0.05) is 13.3 Å². The number of aryl methyl sites for hydroxylation is 1. The van der Waals surface area contributed by atoms with Crippen molar-refractivity contribution < 1.29 is 9.47 Å². The highest BCUT2D eigenvalue weighted by Gasteiger charge is 2.04. The van der Waals surface area contributed by atoms with Crippen LogP contribution in [0.2, 0.25) is 0 Å². The second-order valence-corrected chi connectivity index (χ2v) is 5.36. The molecule has 98 valence electrons. The monoisotopic (exact) mass is 257 g/mol. The van der Waals surface area contributed by atoms with E-state index in [1.807, 2.05) is 0 Å². The second kappa shape index (κ2) is 8.64. The predicted octanol–water partition coefficient (Wildman–Crippen LogP) is 2.85. The molecule has 0 saturated heterocycles. The summed E-state index contributed by atoms with van der Waals surface area (Å²) in [5.74, 6) is 0. The van der Waals surface area contributed by atoms with Gasteiger partial charge in [0.05, 0.1) is 19.8 Å². The van der Waals surface area contributed by atoms with Crippen LogP contribution in [0.1, 0.15) is 35.1 Å². The zero-order valence-corrected chi connectivity index (χ0v) is 11.6. The quantitative estimate of drug-likeness (QED) is 0.692. The highest BCUT2D eigenvalue weighted by molar-refractivity contribution is 7.12. The Bertz CT molecular complexity index is 312. The first kappa shape index (κ1) is 14.6. The minimum absolute atomic E-state index is 0.617. The Hall–Kier alpha value is -0.420. The number of hydrogen-bond acceptors (Lipinski definition) is 4. The molecule has 0 radical (unpaired) electrons. The maximum atomic E-state index is 5.60. The molecule has 0 aliphatic heterocycles. The van der Waals surface area contributed by atoms with Gasteiger partial charge in [-0.15, -0.1) is 11.3 Å². The van der Waals surface area contributed by atoms with Gasteiger partial charge in [-0.05, 0) is 25.0 Å². The molecule has 17 heavy (non-hydrogen) atoms. The Morgan fingerprint density at radius 2 is 2.00 bits per heavy atom. The highest BCUT2D eigenvalue weighted by Crippen LogP contribution is 2.21. The molecule has 0 bridgehead atoms. The minimum atomic E-state index is 0.617. The molecule has 1 aromatic rings. The van der Waals surface area contributed by atoms with Crippen LogP contribution in [-0.4, -0.2) is 19.8 Å². The molecule has 0 aliphatic rings. The van der Waals surface area contributed by atoms with Crippen LogP contribution < -0.4 is 5.73 Å². The van der Waals surface area contributed by atoms with E-state index in [9.17, 15) is 0 Å². The molecule has 0 amide bonds. The van der Waals surface area contributed by atoms with Gasteiger partial charge in [-0.3, -0.25) is 0 Å². The fourth-order valence-electron chi connectivity index (χ4n) is 1.48. The van der Waals surface area contributed by atoms with Gasteiger partial charge in [0.25, 0.3) is 0 Å². The summed E-state index contributed by atoms with van der Waals surface area (Å²) < 4.78 is 11.0. The number of ether oxygens (including phenoxy) is 2. The summed E-state index contributed by atoms with van der Waals surface area (Å²) >= 11 is 1.75. The first-order valence-electron chi connectivity index (χ1n) is 6.21. The van der Waals surface area contributed by atoms with Crippen LogP contribution in [0, 0.1) is 6.92 Å². The summed E-state index contributed by atoms with van der Waals surface area (Å²) in [5.41, 5.74) is 6.86. The largest absolute Gasteiger partial charge is 0.379 e. The Labute approximate surface area is 108 Å². The van der Waals surface area contributed by atoms with Crippen LogP contribution in [0.4, 0.5) is 0 Å². The maximum Gasteiger partial charge on any atom is 0.0728 e. The highest BCUT2D eigenvalue weighted by atomic mass is 32.1. The van der Waals surface area contributed by atoms with E-state index in [0.717, 1.165) is 13.0 Å². The van der Waals surface area contributed by atoms with E-state index in [1.165, 1.54) is 21.7 Å². The van der Waals surface area contributed by atoms with Crippen LogP contribution in [0.3, 0.4) is 0 Å². The van der Waals surface area contributed by atoms with E-state index < -0.39 is 0 Å². The fraction of sp³-hybridized carbons (Fsp3) is 0.692. The molecule has 0 spiro atoms. The second-order valence-electron chi connectivity index (χ2n) is 4.02. The van der Waals surface area contributed by atoms with Crippen molar-refractivity contribution in [1.29, 1.82) is 0 Å². The molecule has 0 atom stereocenters. The van der Waals surface area contributed by atoms with Gasteiger partial charge in [-0.25, -0.2) is 0 Å². The summed E-state index contributed by atoms with van der Waals surface area (Å²) in [6.07, 6.45) is 2.31. The van der Waals surface area contributed by atoms with Crippen molar-refractivity contribution >= 4 is 11.3 Å². The molecule has 0 fully saturated rings. The van der Waals surface area contributed by atoms with Gasteiger partial charge in [-0.2, -0.15) is 0 Å². The molecular weight excluding hydrogens is 234 g/mol. The van der Waals surface area contributed by atoms with Crippen molar-refractivity contribution in [2.45, 2.75) is 39.8 Å². The number of nitrogens with two attached hydrogens (primary N) is 1. The van der Waals surface area contributed by atoms with Gasteiger partial charge < -0.3 is 15.2 Å². The summed E-state index contributed by atoms with van der Waals surface area (Å²) in [6, 6.07) is 2.14. The average molecular weight is 257 g/mol. The van der Waals surface area contributed by atoms with Crippen LogP contribution in [-0.2, 0) is 22.6 Å². The smallest absolute Gasteiger partial charge is 0.0728 e. The topological polar surface area (TPSA) is 44.5 Å². The molecule has 3 nitrogen and oxygen atoms in total. The predicted molar refractivity (Wildman–Crippen MR) is 72.3 cm³/mol. The third-order valence-electron chi connectivity index (χ3n) is 2.54. The lowest BCUT2D eigenvalue weighted by molar-refractivity contribution is 0.0396. The molecule has 0 aliphatic carbocycles. The number of thiophene rings is 1. The Balaban J connectivity index is 2.11. The third kappa shape index (κ3) is 5.64. The lowest BCUT2D eigenvalue weighted by atomic mass is 10.2. The Morgan fingerprint density at radius 1 is 1.24 bits per heavy atom. The molecule has 1 heterocycles. The van der Waals surface area contributed by atoms with Crippen molar-refractivity contribution in [3.63, 3.8) is 0 Å². The van der Waals surface area contributed by atoms with Crippen LogP contribution in [0.15, 0.2) is 6.07 Å². The average Bonchev–Trinajstić information content (AvgIpc) is 2.69. The van der Waals surface area contributed by atoms with Crippen molar-refractivity contribution in [2.75, 3.05) is 19.8 Å². The van der Waals surface area contributed by atoms with E-state index >= 15 is 0 Å². The van der Waals surface area contributed by atoms with Crippen molar-refractivity contribution in [1.82, 2.24) is 0 Å². The minimum Gasteiger partial charge on any atom is -0.379 e. The normalized spacial score (nSPS) is 11.0. The fourth-order valence-corrected chi connectivity index (χ4v) is 2.41. The SMILES string of the molecule is CCCCOCCOCc1cc(CN)sc1C. The van der Waals surface area contributed by atoms with Crippen molar-refractivity contribution in [2.24, 2.45) is 5.73 Å². The lowest BCUT2D eigenvalue weighted by Crippen LogP contribution is -2.05. The molecule has 0 aromatic carbocycles. The maximum absolute atomic E-state index is 5.60. The zero-order chi connectivity index (χ0) is 12.5. The Morgan fingerprint density at radius 3 is 2.65 bits per heavy atom. The summed E-state index contributed by atoms with van der Waals surface area (Å²) in [7, 11) is 0. The molecule has 1 rings (SSSR count). The number of hydrogen-bond donors (Lipinski definition) is 1. The van der Waals surface area contributed by atoms with Crippen LogP contribution >= 0.6 is 11.3 Å². The Kier molecular flexibility index (Phi) is 7.44. The van der Waals surface area contributed by atoms with Gasteiger partial charge in [0.15, 0.2) is 0 Å². The van der Waals surface area contributed by atoms with Crippen molar-refractivity contribution in [3.8, 4) is 0 Å². The summed E-state index contributed by atoms with van der Waals surface area (Å²) in [6.45, 7) is 7.75. The first-order chi connectivity index (χ1) is 8.27. The molecule has 1 aromatic heterocycles. The number of rotatable bonds is 9. The van der Waals surface area contributed by atoms with Gasteiger partial charge in [0.2, 0.25) is 0 Å². The lowest BCUT2D eigenvalue weighted by Gasteiger charge is -2.05. The molecule has 4 heteroatoms. The van der Waals surface area contributed by atoms with E-state index in [0.29, 0.717) is 26.4 Å². The zero-order valence-electron chi connectivity index (χ0n) is 10.8. The summed E-state index contributed by atoms with van der Waals surface area (Å²) in [5, 5.41) is 0. The van der Waals surface area contributed by atoms with Gasteiger partial charge in [0, 0.05) is 22.9 Å². The van der Waals surface area contributed by atoms with E-state index in [2.05, 4.69) is 19.9 Å². The summed E-state index contributed by atoms with van der Waals surface area (Å²) in [4.78, 5) is 2.53. The van der Waals surface area contributed by atoms with Crippen LogP contribution in [0.5, 0.6) is 0 Å². The molecule has 0 saturated carbocycles. The van der Waals surface area contributed by atoms with E-state index in [-0.39, 0.29) is 0 Å². The van der Waals surface area contributed by atoms with Gasteiger partial charge >= 0.3 is 0 Å². The first-order valence-corrected chi connectivity index (χ1v) is 7.03. The van der Waals surface area contributed by atoms with Gasteiger partial charge in [0.1, 0.15) is 0 Å². The number of unbranched alkanes of at least 4 members (excludes halogenated alkanes) is 1. The molecule has 2 N–H and O–H groups in total. The molecular formula is C13H23NO2S. The van der Waals surface area contributed by atoms with E-state index in [1.54, 1.807) is 11.3 Å².